The largest absolute Gasteiger partial charge is 0.481 e. The van der Waals surface area contributed by atoms with Crippen molar-refractivity contribution in [1.29, 1.82) is 0 Å². The number of halogens is 1. The minimum atomic E-state index is -1.26. The van der Waals surface area contributed by atoms with Crippen LogP contribution < -0.4 is 5.32 Å². The zero-order valence-corrected chi connectivity index (χ0v) is 14.1. The lowest BCUT2D eigenvalue weighted by molar-refractivity contribution is -0.150. The second-order valence-corrected chi connectivity index (χ2v) is 7.07. The van der Waals surface area contributed by atoms with Gasteiger partial charge in [0.15, 0.2) is 0 Å². The number of carbonyl (C=O) groups excluding carboxylic acids is 2. The third kappa shape index (κ3) is 2.21. The van der Waals surface area contributed by atoms with Crippen LogP contribution in [0, 0.1) is 24.1 Å². The smallest absolute Gasteiger partial charge is 0.314 e. The Bertz CT molecular complexity index is 953. The summed E-state index contributed by atoms with van der Waals surface area (Å²) in [4.78, 5) is 40.9. The first-order valence-electron chi connectivity index (χ1n) is 8.38. The summed E-state index contributed by atoms with van der Waals surface area (Å²) < 4.78 is 13.9. The molecule has 0 bridgehead atoms. The third-order valence-corrected chi connectivity index (χ3v) is 5.65. The van der Waals surface area contributed by atoms with Crippen molar-refractivity contribution in [3.63, 3.8) is 0 Å². The number of carbonyl (C=O) groups is 3. The molecule has 3 heterocycles. The number of para-hydroxylation sites is 1. The summed E-state index contributed by atoms with van der Waals surface area (Å²) in [5.74, 6) is -2.78. The summed E-state index contributed by atoms with van der Waals surface area (Å²) in [5.41, 5.74) is 0.486. The van der Waals surface area contributed by atoms with Gasteiger partial charge < -0.3 is 20.3 Å². The van der Waals surface area contributed by atoms with Crippen molar-refractivity contribution >= 4 is 28.7 Å². The quantitative estimate of drug-likeness (QED) is 0.755. The van der Waals surface area contributed by atoms with E-state index in [9.17, 15) is 23.9 Å². The molecule has 0 saturated carbocycles. The number of aromatic nitrogens is 1. The summed E-state index contributed by atoms with van der Waals surface area (Å²) in [6, 6.07) is 4.68. The number of hydrogen-bond acceptors (Lipinski definition) is 3. The molecular formula is C18H18FN3O4. The minimum absolute atomic E-state index is 0.000335. The molecule has 4 rings (SSSR count). The van der Waals surface area contributed by atoms with E-state index in [0.29, 0.717) is 22.2 Å². The van der Waals surface area contributed by atoms with Crippen molar-refractivity contribution in [3.05, 3.63) is 35.3 Å². The Morgan fingerprint density at radius 3 is 2.88 bits per heavy atom. The van der Waals surface area contributed by atoms with Crippen molar-refractivity contribution in [3.8, 4) is 0 Å². The van der Waals surface area contributed by atoms with Gasteiger partial charge in [-0.15, -0.1) is 0 Å². The number of benzene rings is 1. The lowest BCUT2D eigenvalue weighted by Crippen LogP contribution is -2.41. The van der Waals surface area contributed by atoms with Crippen molar-refractivity contribution in [1.82, 2.24) is 15.2 Å². The van der Waals surface area contributed by atoms with Crippen molar-refractivity contribution in [2.45, 2.75) is 13.3 Å². The van der Waals surface area contributed by atoms with Gasteiger partial charge in [-0.05, 0) is 18.6 Å². The molecule has 2 atom stereocenters. The van der Waals surface area contributed by atoms with E-state index >= 15 is 0 Å². The van der Waals surface area contributed by atoms with Gasteiger partial charge in [-0.1, -0.05) is 12.1 Å². The van der Waals surface area contributed by atoms with Gasteiger partial charge in [0.25, 0.3) is 0 Å². The number of carboxylic acid groups (broad SMARTS) is 1. The molecule has 7 nitrogen and oxygen atoms in total. The first-order valence-corrected chi connectivity index (χ1v) is 8.38. The maximum atomic E-state index is 13.9. The van der Waals surface area contributed by atoms with Crippen molar-refractivity contribution in [2.75, 3.05) is 19.6 Å². The molecule has 136 valence electrons. The SMILES string of the molecule is Cc1[nH]c2c(F)cccc2c1CC(=O)N1C[C@@H]2C(=O)NC[C@]2(C(=O)O)C1. The number of amides is 2. The van der Waals surface area contributed by atoms with E-state index in [1.54, 1.807) is 19.1 Å². The number of hydrogen-bond donors (Lipinski definition) is 3. The molecular weight excluding hydrogens is 341 g/mol. The molecule has 0 aliphatic carbocycles. The number of carboxylic acids is 1. The Hall–Kier alpha value is -2.90. The average Bonchev–Trinajstić information content (AvgIpc) is 3.22. The molecule has 0 unspecified atom stereocenters. The number of aromatic amines is 1. The number of rotatable bonds is 3. The molecule has 1 aromatic carbocycles. The van der Waals surface area contributed by atoms with E-state index in [1.807, 2.05) is 0 Å². The lowest BCUT2D eigenvalue weighted by atomic mass is 9.81. The normalized spacial score (nSPS) is 24.8. The van der Waals surface area contributed by atoms with Crippen LogP contribution in [0.1, 0.15) is 11.3 Å². The number of nitrogens with zero attached hydrogens (tertiary/aromatic N) is 1. The van der Waals surface area contributed by atoms with Crippen LogP contribution in [0.3, 0.4) is 0 Å². The molecule has 8 heteroatoms. The van der Waals surface area contributed by atoms with Gasteiger partial charge in [0, 0.05) is 30.7 Å². The van der Waals surface area contributed by atoms with Crippen LogP contribution in [-0.4, -0.2) is 52.4 Å². The van der Waals surface area contributed by atoms with Gasteiger partial charge in [-0.3, -0.25) is 14.4 Å². The Morgan fingerprint density at radius 1 is 1.42 bits per heavy atom. The molecule has 1 aromatic heterocycles. The number of H-pyrrole nitrogens is 1. The molecule has 2 aliphatic heterocycles. The number of fused-ring (bicyclic) bond motifs is 2. The third-order valence-electron chi connectivity index (χ3n) is 5.65. The van der Waals surface area contributed by atoms with Crippen molar-refractivity contribution in [2.24, 2.45) is 11.3 Å². The molecule has 3 N–H and O–H groups in total. The molecule has 2 amide bonds. The fraction of sp³-hybridized carbons (Fsp3) is 0.389. The zero-order valence-electron chi connectivity index (χ0n) is 14.1. The highest BCUT2D eigenvalue weighted by molar-refractivity contribution is 5.95. The zero-order chi connectivity index (χ0) is 18.6. The van der Waals surface area contributed by atoms with Gasteiger partial charge in [0.1, 0.15) is 11.2 Å². The molecule has 2 saturated heterocycles. The average molecular weight is 359 g/mol. The van der Waals surface area contributed by atoms with Crippen molar-refractivity contribution < 1.29 is 23.9 Å². The number of likely N-dealkylation sites (tertiary alicyclic amines) is 1. The van der Waals surface area contributed by atoms with E-state index in [4.69, 9.17) is 0 Å². The van der Waals surface area contributed by atoms with Crippen LogP contribution in [0.15, 0.2) is 18.2 Å². The minimum Gasteiger partial charge on any atom is -0.481 e. The van der Waals surface area contributed by atoms with E-state index in [-0.39, 0.29) is 43.7 Å². The predicted octanol–water partition coefficient (Wildman–Crippen LogP) is 0.817. The van der Waals surface area contributed by atoms with Gasteiger partial charge in [-0.2, -0.15) is 0 Å². The van der Waals surface area contributed by atoms with Crippen LogP contribution >= 0.6 is 0 Å². The number of aryl methyl sites for hydroxylation is 1. The lowest BCUT2D eigenvalue weighted by Gasteiger charge is -2.22. The second-order valence-electron chi connectivity index (χ2n) is 7.07. The highest BCUT2D eigenvalue weighted by Gasteiger charge is 2.60. The maximum absolute atomic E-state index is 13.9. The fourth-order valence-corrected chi connectivity index (χ4v) is 4.13. The topological polar surface area (TPSA) is 103 Å². The number of nitrogens with one attached hydrogen (secondary N) is 2. The number of aliphatic carboxylic acids is 1. The monoisotopic (exact) mass is 359 g/mol. The molecule has 0 spiro atoms. The van der Waals surface area contributed by atoms with Crippen LogP contribution in [0.5, 0.6) is 0 Å². The fourth-order valence-electron chi connectivity index (χ4n) is 4.13. The van der Waals surface area contributed by atoms with Gasteiger partial charge in [0.2, 0.25) is 11.8 Å². The second kappa shape index (κ2) is 5.55. The summed E-state index contributed by atoms with van der Waals surface area (Å²) in [5, 5.41) is 12.8. The summed E-state index contributed by atoms with van der Waals surface area (Å²) >= 11 is 0. The van der Waals surface area contributed by atoms with Crippen LogP contribution in [0.25, 0.3) is 10.9 Å². The molecule has 2 aliphatic rings. The first-order chi connectivity index (χ1) is 12.3. The van der Waals surface area contributed by atoms with Gasteiger partial charge >= 0.3 is 5.97 Å². The highest BCUT2D eigenvalue weighted by Crippen LogP contribution is 2.40. The van der Waals surface area contributed by atoms with Crippen LogP contribution in [-0.2, 0) is 20.8 Å². The highest BCUT2D eigenvalue weighted by atomic mass is 19.1. The Balaban J connectivity index is 1.61. The van der Waals surface area contributed by atoms with E-state index in [2.05, 4.69) is 10.3 Å². The van der Waals surface area contributed by atoms with Crippen LogP contribution in [0.2, 0.25) is 0 Å². The molecule has 2 aromatic rings. The Labute approximate surface area is 148 Å². The molecule has 0 radical (unpaired) electrons. The first kappa shape index (κ1) is 16.6. The predicted molar refractivity (Wildman–Crippen MR) is 89.8 cm³/mol. The van der Waals surface area contributed by atoms with E-state index < -0.39 is 17.3 Å². The Morgan fingerprint density at radius 2 is 2.19 bits per heavy atom. The van der Waals surface area contributed by atoms with E-state index in [1.165, 1.54) is 11.0 Å². The van der Waals surface area contributed by atoms with Gasteiger partial charge in [-0.25, -0.2) is 4.39 Å². The molecule has 26 heavy (non-hydrogen) atoms. The summed E-state index contributed by atoms with van der Waals surface area (Å²) in [6.07, 6.45) is 0.0271. The summed E-state index contributed by atoms with van der Waals surface area (Å²) in [6.45, 7) is 1.90. The summed E-state index contributed by atoms with van der Waals surface area (Å²) in [7, 11) is 0. The van der Waals surface area contributed by atoms with E-state index in [0.717, 1.165) is 0 Å². The maximum Gasteiger partial charge on any atom is 0.314 e. The standard InChI is InChI=1S/C18H18FN3O4/c1-9-11(10-3-2-4-13(19)15(10)21-9)5-14(23)22-6-12-16(24)20-7-18(12,8-22)17(25)26/h2-4,12,21H,5-8H2,1H3,(H,20,24)(H,25,26)/t12-,18+/m1/s1. The Kier molecular flexibility index (Phi) is 3.54. The van der Waals surface area contributed by atoms with Gasteiger partial charge in [0.05, 0.1) is 17.9 Å². The molecule has 2 fully saturated rings. The van der Waals surface area contributed by atoms with Crippen LogP contribution in [0.4, 0.5) is 4.39 Å².